The van der Waals surface area contributed by atoms with Crippen LogP contribution in [0, 0.1) is 5.92 Å². The monoisotopic (exact) mass is 457 g/mol. The Morgan fingerprint density at radius 3 is 2.66 bits per heavy atom. The summed E-state index contributed by atoms with van der Waals surface area (Å²) in [5, 5.41) is 7.67. The van der Waals surface area contributed by atoms with E-state index < -0.39 is 6.04 Å². The lowest BCUT2D eigenvalue weighted by atomic mass is 9.88. The number of nitrogens with zero attached hydrogens (tertiary/aromatic N) is 1. The maximum atomic E-state index is 13.0. The van der Waals surface area contributed by atoms with E-state index in [4.69, 9.17) is 9.47 Å². The molecule has 0 saturated carbocycles. The summed E-state index contributed by atoms with van der Waals surface area (Å²) >= 11 is 1.34. The molecule has 2 N–H and O–H groups in total. The lowest BCUT2D eigenvalue weighted by Crippen LogP contribution is -2.53. The molecule has 32 heavy (non-hydrogen) atoms. The molecule has 2 aliphatic heterocycles. The highest BCUT2D eigenvalue weighted by Gasteiger charge is 2.34. The van der Waals surface area contributed by atoms with Crippen molar-refractivity contribution in [3.05, 3.63) is 46.2 Å². The van der Waals surface area contributed by atoms with Crippen LogP contribution in [0.15, 0.2) is 35.7 Å². The Labute approximate surface area is 190 Å². The number of carbonyl (C=O) groups excluding carboxylic acids is 3. The number of rotatable bonds is 7. The first kappa shape index (κ1) is 22.1. The molecule has 4 rings (SSSR count). The minimum atomic E-state index is -0.626. The number of benzene rings is 1. The van der Waals surface area contributed by atoms with Crippen LogP contribution in [0.1, 0.15) is 46.2 Å². The van der Waals surface area contributed by atoms with Crippen LogP contribution < -0.4 is 20.1 Å². The van der Waals surface area contributed by atoms with E-state index in [2.05, 4.69) is 10.6 Å². The zero-order chi connectivity index (χ0) is 22.5. The minimum absolute atomic E-state index is 0.0448. The van der Waals surface area contributed by atoms with Gasteiger partial charge in [-0.2, -0.15) is 0 Å². The van der Waals surface area contributed by atoms with E-state index in [0.29, 0.717) is 54.4 Å². The van der Waals surface area contributed by atoms with Gasteiger partial charge in [0.05, 0.1) is 4.88 Å². The van der Waals surface area contributed by atoms with Gasteiger partial charge in [-0.05, 0) is 54.8 Å². The molecular weight excluding hydrogens is 430 g/mol. The number of hydrogen-bond donors (Lipinski definition) is 2. The topological polar surface area (TPSA) is 97.0 Å². The van der Waals surface area contributed by atoms with Crippen molar-refractivity contribution in [1.29, 1.82) is 0 Å². The number of amides is 3. The Kier molecular flexibility index (Phi) is 6.94. The number of fused-ring (bicyclic) bond motifs is 1. The van der Waals surface area contributed by atoms with Gasteiger partial charge in [0.15, 0.2) is 11.5 Å². The van der Waals surface area contributed by atoms with Gasteiger partial charge in [0.2, 0.25) is 12.7 Å². The van der Waals surface area contributed by atoms with Crippen molar-refractivity contribution in [2.24, 2.45) is 5.92 Å². The number of hydrogen-bond acceptors (Lipinski definition) is 6. The van der Waals surface area contributed by atoms with E-state index in [1.54, 1.807) is 29.2 Å². The van der Waals surface area contributed by atoms with Crippen molar-refractivity contribution in [2.75, 3.05) is 26.4 Å². The molecule has 0 bridgehead atoms. The van der Waals surface area contributed by atoms with Crippen LogP contribution in [0.2, 0.25) is 0 Å². The fourth-order valence-electron chi connectivity index (χ4n) is 4.02. The quantitative estimate of drug-likeness (QED) is 0.666. The van der Waals surface area contributed by atoms with E-state index in [1.807, 2.05) is 18.4 Å². The first-order chi connectivity index (χ1) is 15.6. The Morgan fingerprint density at radius 2 is 1.94 bits per heavy atom. The van der Waals surface area contributed by atoms with Crippen LogP contribution in [0.4, 0.5) is 0 Å². The van der Waals surface area contributed by atoms with Gasteiger partial charge in [-0.3, -0.25) is 14.4 Å². The van der Waals surface area contributed by atoms with E-state index in [1.165, 1.54) is 11.3 Å². The van der Waals surface area contributed by atoms with Crippen molar-refractivity contribution in [3.8, 4) is 11.5 Å². The van der Waals surface area contributed by atoms with E-state index in [9.17, 15) is 14.4 Å². The maximum Gasteiger partial charge on any atom is 0.262 e. The maximum absolute atomic E-state index is 13.0. The summed E-state index contributed by atoms with van der Waals surface area (Å²) in [6.45, 7) is 3.75. The van der Waals surface area contributed by atoms with Crippen LogP contribution >= 0.6 is 11.3 Å². The zero-order valence-electron chi connectivity index (χ0n) is 18.0. The molecule has 0 aliphatic carbocycles. The van der Waals surface area contributed by atoms with Gasteiger partial charge < -0.3 is 25.0 Å². The number of ether oxygens (including phenoxy) is 2. The molecule has 1 aromatic heterocycles. The Hall–Kier alpha value is -3.07. The normalized spacial score (nSPS) is 16.5. The number of likely N-dealkylation sites (tertiary alicyclic amines) is 1. The second-order valence-electron chi connectivity index (χ2n) is 7.92. The molecule has 1 fully saturated rings. The second-order valence-corrected chi connectivity index (χ2v) is 8.86. The number of thiophene rings is 1. The van der Waals surface area contributed by atoms with Gasteiger partial charge in [-0.15, -0.1) is 11.3 Å². The van der Waals surface area contributed by atoms with E-state index in [0.717, 1.165) is 6.42 Å². The fraction of sp³-hybridized carbons (Fsp3) is 0.435. The third-order valence-corrected chi connectivity index (χ3v) is 6.65. The fourth-order valence-corrected chi connectivity index (χ4v) is 4.65. The molecule has 8 nitrogen and oxygen atoms in total. The SMILES string of the molecule is CCCNC(=O)[C@@H](NC(=O)c1cccs1)C1CCN(C(=O)c2ccc3c(c2)OCO3)CC1. The average molecular weight is 458 g/mol. The summed E-state index contributed by atoms with van der Waals surface area (Å²) in [7, 11) is 0. The molecule has 2 aliphatic rings. The molecule has 0 spiro atoms. The molecule has 3 heterocycles. The molecular formula is C23H27N3O5S. The lowest BCUT2D eigenvalue weighted by Gasteiger charge is -2.35. The first-order valence-corrected chi connectivity index (χ1v) is 11.8. The predicted octanol–water partition coefficient (Wildman–Crippen LogP) is 2.65. The summed E-state index contributed by atoms with van der Waals surface area (Å²) in [5.41, 5.74) is 0.552. The van der Waals surface area contributed by atoms with Gasteiger partial charge in [0.1, 0.15) is 6.04 Å². The van der Waals surface area contributed by atoms with Crippen LogP contribution in [0.25, 0.3) is 0 Å². The van der Waals surface area contributed by atoms with Crippen molar-refractivity contribution < 1.29 is 23.9 Å². The molecule has 2 aromatic rings. The minimum Gasteiger partial charge on any atom is -0.454 e. The van der Waals surface area contributed by atoms with E-state index in [-0.39, 0.29) is 30.4 Å². The average Bonchev–Trinajstić information content (AvgIpc) is 3.52. The summed E-state index contributed by atoms with van der Waals surface area (Å²) in [4.78, 5) is 40.8. The highest BCUT2D eigenvalue weighted by atomic mass is 32.1. The van der Waals surface area contributed by atoms with Crippen LogP contribution in [0.5, 0.6) is 11.5 Å². The molecule has 1 aromatic carbocycles. The summed E-state index contributed by atoms with van der Waals surface area (Å²) < 4.78 is 10.7. The Morgan fingerprint density at radius 1 is 1.16 bits per heavy atom. The third kappa shape index (κ3) is 4.88. The largest absolute Gasteiger partial charge is 0.454 e. The molecule has 1 atom stereocenters. The van der Waals surface area contributed by atoms with Gasteiger partial charge in [-0.25, -0.2) is 0 Å². The zero-order valence-corrected chi connectivity index (χ0v) is 18.8. The van der Waals surface area contributed by atoms with Crippen molar-refractivity contribution in [2.45, 2.75) is 32.2 Å². The van der Waals surface area contributed by atoms with Gasteiger partial charge in [-0.1, -0.05) is 13.0 Å². The molecule has 0 radical (unpaired) electrons. The first-order valence-electron chi connectivity index (χ1n) is 10.9. The van der Waals surface area contributed by atoms with Crippen LogP contribution in [-0.4, -0.2) is 55.1 Å². The molecule has 0 unspecified atom stereocenters. The van der Waals surface area contributed by atoms with Crippen LogP contribution in [0.3, 0.4) is 0 Å². The van der Waals surface area contributed by atoms with Crippen molar-refractivity contribution >= 4 is 29.1 Å². The van der Waals surface area contributed by atoms with Crippen molar-refractivity contribution in [1.82, 2.24) is 15.5 Å². The number of carbonyl (C=O) groups is 3. The molecule has 3 amide bonds. The number of nitrogens with one attached hydrogen (secondary N) is 2. The van der Waals surface area contributed by atoms with Crippen molar-refractivity contribution in [3.63, 3.8) is 0 Å². The Bertz CT molecular complexity index is 970. The third-order valence-electron chi connectivity index (χ3n) is 5.78. The van der Waals surface area contributed by atoms with Crippen LogP contribution in [-0.2, 0) is 4.79 Å². The molecule has 1 saturated heterocycles. The lowest BCUT2D eigenvalue weighted by molar-refractivity contribution is -0.124. The molecule has 9 heteroatoms. The smallest absolute Gasteiger partial charge is 0.262 e. The summed E-state index contributed by atoms with van der Waals surface area (Å²) in [6.07, 6.45) is 2.08. The van der Waals surface area contributed by atoms with Gasteiger partial charge in [0.25, 0.3) is 11.8 Å². The highest BCUT2D eigenvalue weighted by Crippen LogP contribution is 2.33. The summed E-state index contributed by atoms with van der Waals surface area (Å²) in [5.74, 6) is 0.693. The van der Waals surface area contributed by atoms with Gasteiger partial charge >= 0.3 is 0 Å². The summed E-state index contributed by atoms with van der Waals surface area (Å²) in [6, 6.07) is 8.12. The highest BCUT2D eigenvalue weighted by molar-refractivity contribution is 7.12. The number of piperidine rings is 1. The Balaban J connectivity index is 1.40. The second kappa shape index (κ2) is 10.0. The molecule has 170 valence electrons. The standard InChI is InChI=1S/C23H27N3O5S/c1-2-9-24-22(28)20(25-21(27)19-4-3-12-32-19)15-7-10-26(11-8-15)23(29)16-5-6-17-18(13-16)31-14-30-17/h3-6,12-13,15,20H,2,7-11,14H2,1H3,(H,24,28)(H,25,27)/t20-/m0/s1. The predicted molar refractivity (Wildman–Crippen MR) is 120 cm³/mol. The van der Waals surface area contributed by atoms with Gasteiger partial charge in [0, 0.05) is 25.2 Å². The van der Waals surface area contributed by atoms with E-state index >= 15 is 0 Å².